The Bertz CT molecular complexity index is 672. The summed E-state index contributed by atoms with van der Waals surface area (Å²) in [6, 6.07) is 14.7. The number of aromatic hydroxyl groups is 1. The lowest BCUT2D eigenvalue weighted by Gasteiger charge is -2.19. The molecule has 3 heteroatoms. The Hall–Kier alpha value is -2.52. The van der Waals surface area contributed by atoms with Crippen LogP contribution in [0, 0.1) is 0 Å². The normalized spacial score (nSPS) is 18.9. The lowest BCUT2D eigenvalue weighted by Crippen LogP contribution is -2.12. The summed E-state index contributed by atoms with van der Waals surface area (Å²) in [5, 5.41) is 22.5. The van der Waals surface area contributed by atoms with Gasteiger partial charge in [-0.1, -0.05) is 36.4 Å². The van der Waals surface area contributed by atoms with Crippen molar-refractivity contribution in [3.8, 4) is 5.75 Å². The van der Waals surface area contributed by atoms with Gasteiger partial charge in [0, 0.05) is 17.5 Å². The summed E-state index contributed by atoms with van der Waals surface area (Å²) >= 11 is 0. The number of phenolic OH excluding ortho intramolecular Hbond substituents is 1. The predicted octanol–water partition coefficient (Wildman–Crippen LogP) is 3.23. The summed E-state index contributed by atoms with van der Waals surface area (Å²) < 4.78 is 0. The molecule has 3 N–H and O–H groups in total. The minimum Gasteiger partial charge on any atom is -0.508 e. The van der Waals surface area contributed by atoms with Crippen LogP contribution in [0.2, 0.25) is 0 Å². The summed E-state index contributed by atoms with van der Waals surface area (Å²) in [6.07, 6.45) is 4.89. The minimum atomic E-state index is -0.616. The Balaban J connectivity index is 1.90. The van der Waals surface area contributed by atoms with Crippen molar-refractivity contribution in [2.24, 2.45) is 0 Å². The fourth-order valence-corrected chi connectivity index (χ4v) is 2.24. The molecule has 3 rings (SSSR count). The molecular formula is C17H15NO2. The average Bonchev–Trinajstić information content (AvgIpc) is 2.48. The van der Waals surface area contributed by atoms with Crippen LogP contribution in [0.4, 0.5) is 5.69 Å². The van der Waals surface area contributed by atoms with E-state index in [0.29, 0.717) is 0 Å². The van der Waals surface area contributed by atoms with E-state index in [0.717, 1.165) is 22.4 Å². The molecule has 0 aromatic heterocycles. The number of hydrogen-bond donors (Lipinski definition) is 3. The first kappa shape index (κ1) is 12.5. The van der Waals surface area contributed by atoms with Crippen molar-refractivity contribution in [2.75, 3.05) is 5.32 Å². The quantitative estimate of drug-likeness (QED) is 0.731. The number of fused-ring (bicyclic) bond motifs is 1. The number of rotatable bonds is 2. The molecule has 20 heavy (non-hydrogen) atoms. The zero-order valence-electron chi connectivity index (χ0n) is 10.8. The molecule has 0 saturated carbocycles. The zero-order chi connectivity index (χ0) is 13.9. The number of hydrogen-bond acceptors (Lipinski definition) is 3. The van der Waals surface area contributed by atoms with Crippen molar-refractivity contribution in [3.63, 3.8) is 0 Å². The number of aliphatic hydroxyl groups is 1. The predicted molar refractivity (Wildman–Crippen MR) is 81.2 cm³/mol. The molecule has 2 aromatic rings. The first-order chi connectivity index (χ1) is 9.74. The van der Waals surface area contributed by atoms with Crippen LogP contribution in [0.25, 0.3) is 11.6 Å². The highest BCUT2D eigenvalue weighted by Crippen LogP contribution is 2.29. The van der Waals surface area contributed by atoms with E-state index >= 15 is 0 Å². The summed E-state index contributed by atoms with van der Waals surface area (Å²) in [5.41, 5.74) is 3.80. The Kier molecular flexibility index (Phi) is 3.27. The van der Waals surface area contributed by atoms with Gasteiger partial charge in [-0.05, 0) is 35.4 Å². The van der Waals surface area contributed by atoms with Gasteiger partial charge in [-0.2, -0.15) is 0 Å². The van der Waals surface area contributed by atoms with Gasteiger partial charge in [-0.15, -0.1) is 0 Å². The van der Waals surface area contributed by atoms with E-state index in [2.05, 4.69) is 5.32 Å². The maximum atomic E-state index is 10.1. The molecule has 3 nitrogen and oxygen atoms in total. The molecule has 0 radical (unpaired) electrons. The molecule has 1 aliphatic carbocycles. The second kappa shape index (κ2) is 5.23. The van der Waals surface area contributed by atoms with E-state index in [1.165, 1.54) is 0 Å². The number of benzene rings is 2. The average molecular weight is 265 g/mol. The molecule has 0 amide bonds. The van der Waals surface area contributed by atoms with Gasteiger partial charge in [0.1, 0.15) is 5.75 Å². The molecule has 0 bridgehead atoms. The second-order valence-electron chi connectivity index (χ2n) is 4.68. The van der Waals surface area contributed by atoms with E-state index in [1.807, 2.05) is 30.3 Å². The maximum absolute atomic E-state index is 10.1. The Labute approximate surface area is 117 Å². The van der Waals surface area contributed by atoms with Crippen molar-refractivity contribution in [3.05, 3.63) is 71.9 Å². The van der Waals surface area contributed by atoms with Gasteiger partial charge in [0.05, 0.1) is 6.10 Å². The molecule has 0 saturated heterocycles. The van der Waals surface area contributed by atoms with Gasteiger partial charge in [0.15, 0.2) is 0 Å². The zero-order valence-corrected chi connectivity index (χ0v) is 10.8. The number of aliphatic hydroxyl groups excluding tert-OH is 1. The molecular weight excluding hydrogens is 250 g/mol. The van der Waals surface area contributed by atoms with Crippen molar-refractivity contribution < 1.29 is 10.2 Å². The van der Waals surface area contributed by atoms with Crippen LogP contribution in [0.5, 0.6) is 5.75 Å². The lowest BCUT2D eigenvalue weighted by atomic mass is 9.91. The SMILES string of the molecule is Oc1ccc(NC=C2c3ccccc3C=CC2O)cc1. The van der Waals surface area contributed by atoms with Gasteiger partial charge in [-0.3, -0.25) is 0 Å². The molecule has 0 aliphatic heterocycles. The van der Waals surface area contributed by atoms with Gasteiger partial charge >= 0.3 is 0 Å². The fraction of sp³-hybridized carbons (Fsp3) is 0.0588. The van der Waals surface area contributed by atoms with Crippen LogP contribution in [-0.2, 0) is 0 Å². The summed E-state index contributed by atoms with van der Waals surface area (Å²) in [6.45, 7) is 0. The van der Waals surface area contributed by atoms with Crippen LogP contribution < -0.4 is 5.32 Å². The van der Waals surface area contributed by atoms with Gasteiger partial charge in [0.25, 0.3) is 0 Å². The number of phenols is 1. The van der Waals surface area contributed by atoms with Gasteiger partial charge < -0.3 is 15.5 Å². The topological polar surface area (TPSA) is 52.5 Å². The molecule has 0 fully saturated rings. The Morgan fingerprint density at radius 3 is 2.55 bits per heavy atom. The van der Waals surface area contributed by atoms with Crippen molar-refractivity contribution in [2.45, 2.75) is 6.10 Å². The molecule has 2 aromatic carbocycles. The van der Waals surface area contributed by atoms with Crippen LogP contribution in [-0.4, -0.2) is 16.3 Å². The summed E-state index contributed by atoms with van der Waals surface area (Å²) in [4.78, 5) is 0. The first-order valence-electron chi connectivity index (χ1n) is 6.45. The molecule has 0 spiro atoms. The highest BCUT2D eigenvalue weighted by Gasteiger charge is 2.16. The number of anilines is 1. The Morgan fingerprint density at radius 2 is 1.75 bits per heavy atom. The second-order valence-corrected chi connectivity index (χ2v) is 4.68. The standard InChI is InChI=1S/C17H15NO2/c19-14-8-6-13(7-9-14)18-11-16-15-4-2-1-3-12(15)5-10-17(16)20/h1-11,17-20H. The highest BCUT2D eigenvalue weighted by molar-refractivity contribution is 5.82. The van der Waals surface area contributed by atoms with Crippen LogP contribution in [0.15, 0.2) is 60.8 Å². The molecule has 1 unspecified atom stereocenters. The first-order valence-corrected chi connectivity index (χ1v) is 6.45. The van der Waals surface area contributed by atoms with Crippen LogP contribution in [0.1, 0.15) is 11.1 Å². The molecule has 1 atom stereocenters. The molecule has 100 valence electrons. The van der Waals surface area contributed by atoms with Crippen molar-refractivity contribution in [1.29, 1.82) is 0 Å². The van der Waals surface area contributed by atoms with E-state index in [1.54, 1.807) is 36.5 Å². The van der Waals surface area contributed by atoms with E-state index in [4.69, 9.17) is 0 Å². The van der Waals surface area contributed by atoms with Gasteiger partial charge in [-0.25, -0.2) is 0 Å². The van der Waals surface area contributed by atoms with Crippen molar-refractivity contribution >= 4 is 17.3 Å². The lowest BCUT2D eigenvalue weighted by molar-refractivity contribution is 0.280. The molecule has 0 heterocycles. The van der Waals surface area contributed by atoms with E-state index in [-0.39, 0.29) is 5.75 Å². The summed E-state index contributed by atoms with van der Waals surface area (Å²) in [7, 11) is 0. The van der Waals surface area contributed by atoms with Gasteiger partial charge in [0.2, 0.25) is 0 Å². The maximum Gasteiger partial charge on any atom is 0.115 e. The Morgan fingerprint density at radius 1 is 1.00 bits per heavy atom. The third-order valence-corrected chi connectivity index (χ3v) is 3.31. The number of nitrogens with one attached hydrogen (secondary N) is 1. The van der Waals surface area contributed by atoms with Crippen LogP contribution >= 0.6 is 0 Å². The largest absolute Gasteiger partial charge is 0.508 e. The monoisotopic (exact) mass is 265 g/mol. The summed E-state index contributed by atoms with van der Waals surface area (Å²) in [5.74, 6) is 0.231. The smallest absolute Gasteiger partial charge is 0.115 e. The minimum absolute atomic E-state index is 0.231. The van der Waals surface area contributed by atoms with E-state index in [9.17, 15) is 10.2 Å². The molecule has 1 aliphatic rings. The van der Waals surface area contributed by atoms with Crippen molar-refractivity contribution in [1.82, 2.24) is 0 Å². The third-order valence-electron chi connectivity index (χ3n) is 3.31. The van der Waals surface area contributed by atoms with Crippen LogP contribution in [0.3, 0.4) is 0 Å². The fourth-order valence-electron chi connectivity index (χ4n) is 2.24. The third kappa shape index (κ3) is 2.44. The van der Waals surface area contributed by atoms with E-state index < -0.39 is 6.10 Å². The highest BCUT2D eigenvalue weighted by atomic mass is 16.3.